The summed E-state index contributed by atoms with van der Waals surface area (Å²) in [6, 6.07) is 12.4. The van der Waals surface area contributed by atoms with Gasteiger partial charge in [0.15, 0.2) is 0 Å². The minimum absolute atomic E-state index is 0.133. The number of fused-ring (bicyclic) bond motifs is 1. The number of benzene rings is 2. The number of pyridine rings is 1. The molecule has 1 atom stereocenters. The van der Waals surface area contributed by atoms with Crippen molar-refractivity contribution in [3.05, 3.63) is 81.1 Å². The van der Waals surface area contributed by atoms with Crippen LogP contribution in [-0.2, 0) is 17.4 Å². The molecule has 4 rings (SSSR count). The van der Waals surface area contributed by atoms with Crippen LogP contribution in [0.25, 0.3) is 10.9 Å². The molecular weight excluding hydrogens is 405 g/mol. The minimum Gasteiger partial charge on any atom is -0.322 e. The summed E-state index contributed by atoms with van der Waals surface area (Å²) in [6.07, 6.45) is -3.08. The topological polar surface area (TPSA) is 53.2 Å². The number of aromatic nitrogens is 1. The van der Waals surface area contributed by atoms with E-state index < -0.39 is 17.8 Å². The van der Waals surface area contributed by atoms with Crippen LogP contribution in [0.15, 0.2) is 53.3 Å². The summed E-state index contributed by atoms with van der Waals surface area (Å²) in [7, 11) is 0. The molecule has 0 radical (unpaired) electrons. The van der Waals surface area contributed by atoms with Crippen molar-refractivity contribution in [1.82, 2.24) is 9.88 Å². The fraction of sp³-hybridized carbons (Fsp3) is 0.333. The Balaban J connectivity index is 1.84. The van der Waals surface area contributed by atoms with Gasteiger partial charge in [-0.2, -0.15) is 13.2 Å². The monoisotopic (exact) mass is 428 g/mol. The zero-order chi connectivity index (χ0) is 22.2. The molecule has 7 heteroatoms. The summed E-state index contributed by atoms with van der Waals surface area (Å²) < 4.78 is 40.1. The van der Waals surface area contributed by atoms with Crippen LogP contribution in [-0.4, -0.2) is 28.8 Å². The lowest BCUT2D eigenvalue weighted by molar-refractivity contribution is -0.137. The van der Waals surface area contributed by atoms with E-state index in [9.17, 15) is 22.8 Å². The molecule has 1 fully saturated rings. The van der Waals surface area contributed by atoms with Crippen molar-refractivity contribution in [2.24, 2.45) is 0 Å². The number of nitrogens with one attached hydrogen (secondary N) is 1. The van der Waals surface area contributed by atoms with Crippen molar-refractivity contribution in [2.75, 3.05) is 13.1 Å². The van der Waals surface area contributed by atoms with Crippen molar-refractivity contribution in [2.45, 2.75) is 38.4 Å². The average Bonchev–Trinajstić information content (AvgIpc) is 2.74. The van der Waals surface area contributed by atoms with E-state index >= 15 is 0 Å². The maximum atomic E-state index is 13.4. The molecule has 0 bridgehead atoms. The number of carbonyl (C=O) groups excluding carboxylic acids is 1. The number of rotatable bonds is 4. The normalized spacial score (nSPS) is 16.6. The van der Waals surface area contributed by atoms with E-state index in [-0.39, 0.29) is 11.3 Å². The van der Waals surface area contributed by atoms with Crippen LogP contribution in [0.2, 0.25) is 0 Å². The number of H-pyrrole nitrogens is 1. The van der Waals surface area contributed by atoms with Crippen LogP contribution >= 0.6 is 0 Å². The van der Waals surface area contributed by atoms with Crippen LogP contribution in [0.5, 0.6) is 0 Å². The standard InChI is InChI=1S/C24H23F3N2O2/c1-2-15-12-18-13-17(6-7-21(18)28-23(15)31)22(29-10-8-20(30)9-11-29)16-4-3-5-19(14-16)24(25,26)27/h3-7,12-14,22H,2,8-11H2,1H3,(H,28,31). The second kappa shape index (κ2) is 8.30. The number of aromatic amines is 1. The second-order valence-corrected chi connectivity index (χ2v) is 7.92. The summed E-state index contributed by atoms with van der Waals surface area (Å²) in [6.45, 7) is 2.88. The molecule has 1 unspecified atom stereocenters. The highest BCUT2D eigenvalue weighted by Gasteiger charge is 2.33. The fourth-order valence-corrected chi connectivity index (χ4v) is 4.23. The number of piperidine rings is 1. The lowest BCUT2D eigenvalue weighted by atomic mass is 9.92. The van der Waals surface area contributed by atoms with Crippen molar-refractivity contribution in [3.8, 4) is 0 Å². The van der Waals surface area contributed by atoms with Crippen molar-refractivity contribution in [3.63, 3.8) is 0 Å². The van der Waals surface area contributed by atoms with Crippen LogP contribution in [0.4, 0.5) is 13.2 Å². The highest BCUT2D eigenvalue weighted by molar-refractivity contribution is 5.80. The van der Waals surface area contributed by atoms with Gasteiger partial charge in [0.05, 0.1) is 11.6 Å². The van der Waals surface area contributed by atoms with Crippen molar-refractivity contribution < 1.29 is 18.0 Å². The molecule has 2 heterocycles. The van der Waals surface area contributed by atoms with E-state index in [1.807, 2.05) is 25.1 Å². The summed E-state index contributed by atoms with van der Waals surface area (Å²) in [5.74, 6) is 0.169. The maximum Gasteiger partial charge on any atom is 0.416 e. The van der Waals surface area contributed by atoms with Gasteiger partial charge in [0.1, 0.15) is 5.78 Å². The summed E-state index contributed by atoms with van der Waals surface area (Å²) in [5.41, 5.74) is 1.87. The summed E-state index contributed by atoms with van der Waals surface area (Å²) in [4.78, 5) is 28.8. The summed E-state index contributed by atoms with van der Waals surface area (Å²) >= 11 is 0. The van der Waals surface area contributed by atoms with Gasteiger partial charge in [0, 0.05) is 37.0 Å². The molecule has 0 aliphatic carbocycles. The quantitative estimate of drug-likeness (QED) is 0.646. The Morgan fingerprint density at radius 2 is 1.71 bits per heavy atom. The number of nitrogens with zero attached hydrogens (tertiary/aromatic N) is 1. The molecule has 162 valence electrons. The third-order valence-electron chi connectivity index (χ3n) is 5.89. The average molecular weight is 428 g/mol. The smallest absolute Gasteiger partial charge is 0.322 e. The molecule has 2 aromatic carbocycles. The molecule has 1 aliphatic rings. The second-order valence-electron chi connectivity index (χ2n) is 7.92. The Morgan fingerprint density at radius 1 is 1.00 bits per heavy atom. The van der Waals surface area contributed by atoms with E-state index in [1.165, 1.54) is 12.1 Å². The predicted octanol–water partition coefficient (Wildman–Crippen LogP) is 4.86. The molecule has 0 spiro atoms. The van der Waals surface area contributed by atoms with Crippen LogP contribution < -0.4 is 5.56 Å². The lowest BCUT2D eigenvalue weighted by Crippen LogP contribution is -2.37. The van der Waals surface area contributed by atoms with Crippen LogP contribution in [0.3, 0.4) is 0 Å². The van der Waals surface area contributed by atoms with Crippen molar-refractivity contribution >= 4 is 16.7 Å². The first-order valence-electron chi connectivity index (χ1n) is 10.3. The molecule has 1 N–H and O–H groups in total. The van der Waals surface area contributed by atoms with E-state index in [2.05, 4.69) is 9.88 Å². The number of ketones is 1. The Hall–Kier alpha value is -2.93. The van der Waals surface area contributed by atoms with Crippen LogP contribution in [0, 0.1) is 0 Å². The van der Waals surface area contributed by atoms with Gasteiger partial charge in [-0.3, -0.25) is 14.5 Å². The zero-order valence-electron chi connectivity index (χ0n) is 17.1. The number of alkyl halides is 3. The third kappa shape index (κ3) is 4.42. The van der Waals surface area contributed by atoms with Gasteiger partial charge in [-0.1, -0.05) is 25.1 Å². The van der Waals surface area contributed by atoms with Gasteiger partial charge >= 0.3 is 6.18 Å². The molecule has 1 aliphatic heterocycles. The first-order valence-corrected chi connectivity index (χ1v) is 10.3. The molecule has 3 aromatic rings. The molecule has 0 saturated carbocycles. The number of Topliss-reactive ketones (excluding diaryl/α,β-unsaturated/α-hetero) is 1. The van der Waals surface area contributed by atoms with Gasteiger partial charge in [-0.25, -0.2) is 0 Å². The first kappa shape index (κ1) is 21.3. The fourth-order valence-electron chi connectivity index (χ4n) is 4.23. The molecule has 31 heavy (non-hydrogen) atoms. The Morgan fingerprint density at radius 3 is 2.39 bits per heavy atom. The number of hydrogen-bond acceptors (Lipinski definition) is 3. The van der Waals surface area contributed by atoms with E-state index in [0.29, 0.717) is 49.0 Å². The zero-order valence-corrected chi connectivity index (χ0v) is 17.1. The Kier molecular flexibility index (Phi) is 5.71. The largest absolute Gasteiger partial charge is 0.416 e. The number of aryl methyl sites for hydroxylation is 1. The minimum atomic E-state index is -4.43. The first-order chi connectivity index (χ1) is 14.8. The van der Waals surface area contributed by atoms with Gasteiger partial charge in [-0.15, -0.1) is 0 Å². The van der Waals surface area contributed by atoms with Gasteiger partial charge in [0.25, 0.3) is 5.56 Å². The SMILES string of the molecule is CCc1cc2cc(C(c3cccc(C(F)(F)F)c3)N3CCC(=O)CC3)ccc2[nH]c1=O. The van der Waals surface area contributed by atoms with Gasteiger partial charge < -0.3 is 4.98 Å². The Labute approximate surface area is 177 Å². The lowest BCUT2D eigenvalue weighted by Gasteiger charge is -2.35. The number of hydrogen-bond donors (Lipinski definition) is 1. The number of carbonyl (C=O) groups is 1. The third-order valence-corrected chi connectivity index (χ3v) is 5.89. The number of halogens is 3. The molecule has 1 aromatic heterocycles. The summed E-state index contributed by atoms with van der Waals surface area (Å²) in [5, 5.41) is 0.832. The Bertz CT molecular complexity index is 1170. The van der Waals surface area contributed by atoms with Gasteiger partial charge in [-0.05, 0) is 53.3 Å². The van der Waals surface area contributed by atoms with Crippen molar-refractivity contribution in [1.29, 1.82) is 0 Å². The van der Waals surface area contributed by atoms with E-state index in [4.69, 9.17) is 0 Å². The maximum absolute atomic E-state index is 13.4. The predicted molar refractivity (Wildman–Crippen MR) is 113 cm³/mol. The van der Waals surface area contributed by atoms with E-state index in [0.717, 1.165) is 17.0 Å². The molecule has 4 nitrogen and oxygen atoms in total. The highest BCUT2D eigenvalue weighted by atomic mass is 19.4. The molecular formula is C24H23F3N2O2. The van der Waals surface area contributed by atoms with Crippen LogP contribution in [0.1, 0.15) is 48.1 Å². The number of likely N-dealkylation sites (tertiary alicyclic amines) is 1. The molecule has 1 saturated heterocycles. The van der Waals surface area contributed by atoms with Gasteiger partial charge in [0.2, 0.25) is 0 Å². The highest BCUT2D eigenvalue weighted by Crippen LogP contribution is 2.36. The van der Waals surface area contributed by atoms with E-state index in [1.54, 1.807) is 12.1 Å². The molecule has 0 amide bonds.